The highest BCUT2D eigenvalue weighted by Gasteiger charge is 2.12. The van der Waals surface area contributed by atoms with E-state index in [1.807, 2.05) is 6.92 Å². The molecule has 2 nitrogen and oxygen atoms in total. The molecule has 0 fully saturated rings. The zero-order valence-electron chi connectivity index (χ0n) is 7.70. The lowest BCUT2D eigenvalue weighted by atomic mass is 9.99. The standard InChI is InChI=1S/C10H15FN2/c1-2-9(12)10(13)7-3-5-8(11)6-4-7/h3-6,9-10H,2,12-13H2,1H3/t9-,10-/m0/s1. The summed E-state index contributed by atoms with van der Waals surface area (Å²) < 4.78 is 12.6. The second-order valence-corrected chi connectivity index (χ2v) is 3.15. The summed E-state index contributed by atoms with van der Waals surface area (Å²) in [5, 5.41) is 0. The van der Waals surface area contributed by atoms with Gasteiger partial charge in [-0.1, -0.05) is 19.1 Å². The number of hydrogen-bond donors (Lipinski definition) is 2. The van der Waals surface area contributed by atoms with Crippen molar-refractivity contribution in [2.24, 2.45) is 11.5 Å². The first-order valence-corrected chi connectivity index (χ1v) is 4.41. The van der Waals surface area contributed by atoms with Gasteiger partial charge in [0.25, 0.3) is 0 Å². The van der Waals surface area contributed by atoms with Gasteiger partial charge < -0.3 is 11.5 Å². The number of benzene rings is 1. The SMILES string of the molecule is CC[C@H](N)[C@@H](N)c1ccc(F)cc1. The van der Waals surface area contributed by atoms with Gasteiger partial charge in [-0.05, 0) is 24.1 Å². The van der Waals surface area contributed by atoms with E-state index < -0.39 is 0 Å². The molecule has 1 rings (SSSR count). The van der Waals surface area contributed by atoms with Crippen molar-refractivity contribution in [1.82, 2.24) is 0 Å². The van der Waals surface area contributed by atoms with Crippen molar-refractivity contribution in [2.45, 2.75) is 25.4 Å². The number of hydrogen-bond acceptors (Lipinski definition) is 2. The molecule has 3 heteroatoms. The second kappa shape index (κ2) is 4.35. The number of halogens is 1. The molecule has 0 spiro atoms. The van der Waals surface area contributed by atoms with Gasteiger partial charge in [0, 0.05) is 12.1 Å². The van der Waals surface area contributed by atoms with Crippen molar-refractivity contribution in [1.29, 1.82) is 0 Å². The number of rotatable bonds is 3. The highest BCUT2D eigenvalue weighted by molar-refractivity contribution is 5.20. The topological polar surface area (TPSA) is 52.0 Å². The molecule has 0 amide bonds. The molecule has 0 radical (unpaired) electrons. The lowest BCUT2D eigenvalue weighted by molar-refractivity contribution is 0.531. The molecule has 4 N–H and O–H groups in total. The van der Waals surface area contributed by atoms with Gasteiger partial charge in [0.2, 0.25) is 0 Å². The Morgan fingerprint density at radius 1 is 1.23 bits per heavy atom. The van der Waals surface area contributed by atoms with Crippen LogP contribution in [0.1, 0.15) is 24.9 Å². The largest absolute Gasteiger partial charge is 0.326 e. The van der Waals surface area contributed by atoms with Crippen molar-refractivity contribution < 1.29 is 4.39 Å². The normalized spacial score (nSPS) is 15.4. The van der Waals surface area contributed by atoms with Crippen LogP contribution < -0.4 is 11.5 Å². The van der Waals surface area contributed by atoms with Gasteiger partial charge in [-0.15, -0.1) is 0 Å². The molecule has 0 aliphatic heterocycles. The Labute approximate surface area is 77.7 Å². The Morgan fingerprint density at radius 3 is 2.23 bits per heavy atom. The maximum atomic E-state index is 12.6. The average molecular weight is 182 g/mol. The van der Waals surface area contributed by atoms with E-state index in [9.17, 15) is 4.39 Å². The molecule has 13 heavy (non-hydrogen) atoms. The predicted octanol–water partition coefficient (Wildman–Crippen LogP) is 1.56. The second-order valence-electron chi connectivity index (χ2n) is 3.15. The molecule has 0 unspecified atom stereocenters. The van der Waals surface area contributed by atoms with Crippen molar-refractivity contribution >= 4 is 0 Å². The van der Waals surface area contributed by atoms with E-state index >= 15 is 0 Å². The van der Waals surface area contributed by atoms with Crippen LogP contribution in [0.5, 0.6) is 0 Å². The molecule has 0 saturated carbocycles. The van der Waals surface area contributed by atoms with E-state index in [0.717, 1.165) is 12.0 Å². The predicted molar refractivity (Wildman–Crippen MR) is 51.6 cm³/mol. The molecule has 0 heterocycles. The minimum absolute atomic E-state index is 0.0644. The molecule has 0 saturated heterocycles. The van der Waals surface area contributed by atoms with Gasteiger partial charge in [0.05, 0.1) is 0 Å². The summed E-state index contributed by atoms with van der Waals surface area (Å²) in [5.74, 6) is -0.249. The van der Waals surface area contributed by atoms with Gasteiger partial charge in [0.15, 0.2) is 0 Å². The molecule has 1 aromatic carbocycles. The Bertz CT molecular complexity index is 258. The summed E-state index contributed by atoms with van der Waals surface area (Å²) in [6.07, 6.45) is 0.818. The van der Waals surface area contributed by atoms with Crippen LogP contribution in [-0.4, -0.2) is 6.04 Å². The average Bonchev–Trinajstić information content (AvgIpc) is 2.17. The van der Waals surface area contributed by atoms with E-state index in [4.69, 9.17) is 11.5 Å². The van der Waals surface area contributed by atoms with Crippen LogP contribution in [0.2, 0.25) is 0 Å². The molecular formula is C10H15FN2. The molecule has 1 aromatic rings. The minimum Gasteiger partial charge on any atom is -0.326 e. The summed E-state index contributed by atoms with van der Waals surface area (Å²) in [7, 11) is 0. The smallest absolute Gasteiger partial charge is 0.123 e. The lowest BCUT2D eigenvalue weighted by Crippen LogP contribution is -2.33. The summed E-state index contributed by atoms with van der Waals surface area (Å²) in [6, 6.07) is 5.89. The van der Waals surface area contributed by atoms with Crippen molar-refractivity contribution in [3.63, 3.8) is 0 Å². The van der Waals surface area contributed by atoms with Crippen molar-refractivity contribution in [3.8, 4) is 0 Å². The molecule has 0 bridgehead atoms. The highest BCUT2D eigenvalue weighted by Crippen LogP contribution is 2.14. The first kappa shape index (κ1) is 10.2. The Balaban J connectivity index is 2.77. The zero-order chi connectivity index (χ0) is 9.84. The monoisotopic (exact) mass is 182 g/mol. The van der Waals surface area contributed by atoms with Gasteiger partial charge in [-0.3, -0.25) is 0 Å². The van der Waals surface area contributed by atoms with E-state index in [1.54, 1.807) is 12.1 Å². The molecule has 72 valence electrons. The van der Waals surface area contributed by atoms with E-state index in [2.05, 4.69) is 0 Å². The van der Waals surface area contributed by atoms with Gasteiger partial charge in [0.1, 0.15) is 5.82 Å². The van der Waals surface area contributed by atoms with Crippen LogP contribution in [-0.2, 0) is 0 Å². The van der Waals surface area contributed by atoms with Gasteiger partial charge in [-0.25, -0.2) is 4.39 Å². The summed E-state index contributed by atoms with van der Waals surface area (Å²) in [5.41, 5.74) is 12.5. The molecular weight excluding hydrogens is 167 g/mol. The van der Waals surface area contributed by atoms with Crippen LogP contribution in [0.25, 0.3) is 0 Å². The van der Waals surface area contributed by atoms with Crippen LogP contribution in [0.4, 0.5) is 4.39 Å². The van der Waals surface area contributed by atoms with Gasteiger partial charge >= 0.3 is 0 Å². The maximum absolute atomic E-state index is 12.6. The van der Waals surface area contributed by atoms with Crippen LogP contribution >= 0.6 is 0 Å². The first-order chi connectivity index (χ1) is 6.15. The number of nitrogens with two attached hydrogens (primary N) is 2. The Kier molecular flexibility index (Phi) is 3.39. The highest BCUT2D eigenvalue weighted by atomic mass is 19.1. The van der Waals surface area contributed by atoms with E-state index in [-0.39, 0.29) is 17.9 Å². The first-order valence-electron chi connectivity index (χ1n) is 4.41. The quantitative estimate of drug-likeness (QED) is 0.745. The Morgan fingerprint density at radius 2 is 1.77 bits per heavy atom. The van der Waals surface area contributed by atoms with Crippen LogP contribution in [0, 0.1) is 5.82 Å². The summed E-state index contributed by atoms with van der Waals surface area (Å²) in [4.78, 5) is 0. The van der Waals surface area contributed by atoms with E-state index in [1.165, 1.54) is 12.1 Å². The summed E-state index contributed by atoms with van der Waals surface area (Å²) in [6.45, 7) is 1.98. The van der Waals surface area contributed by atoms with Crippen molar-refractivity contribution in [2.75, 3.05) is 0 Å². The fourth-order valence-electron chi connectivity index (χ4n) is 1.19. The third kappa shape index (κ3) is 2.50. The van der Waals surface area contributed by atoms with Gasteiger partial charge in [-0.2, -0.15) is 0 Å². The third-order valence-corrected chi connectivity index (χ3v) is 2.19. The lowest BCUT2D eigenvalue weighted by Gasteiger charge is -2.18. The summed E-state index contributed by atoms with van der Waals surface area (Å²) >= 11 is 0. The minimum atomic E-state index is -0.249. The van der Waals surface area contributed by atoms with Crippen LogP contribution in [0.3, 0.4) is 0 Å². The Hall–Kier alpha value is -0.930. The maximum Gasteiger partial charge on any atom is 0.123 e. The molecule has 2 atom stereocenters. The molecule has 0 aromatic heterocycles. The zero-order valence-corrected chi connectivity index (χ0v) is 7.70. The van der Waals surface area contributed by atoms with Crippen molar-refractivity contribution in [3.05, 3.63) is 35.6 Å². The third-order valence-electron chi connectivity index (χ3n) is 2.19. The fraction of sp³-hybridized carbons (Fsp3) is 0.400. The fourth-order valence-corrected chi connectivity index (χ4v) is 1.19. The van der Waals surface area contributed by atoms with Crippen LogP contribution in [0.15, 0.2) is 24.3 Å². The van der Waals surface area contributed by atoms with E-state index in [0.29, 0.717) is 0 Å². The molecule has 0 aliphatic carbocycles. The molecule has 0 aliphatic rings.